The molecule has 1 saturated carbocycles. The van der Waals surface area contributed by atoms with Gasteiger partial charge in [-0.25, -0.2) is 0 Å². The lowest BCUT2D eigenvalue weighted by atomic mass is 9.92. The first-order chi connectivity index (χ1) is 11.6. The molecule has 0 spiro atoms. The highest BCUT2D eigenvalue weighted by Crippen LogP contribution is 2.27. The summed E-state index contributed by atoms with van der Waals surface area (Å²) < 4.78 is 0. The zero-order valence-corrected chi connectivity index (χ0v) is 16.1. The molecule has 1 aromatic carbocycles. The minimum Gasteiger partial charge on any atom is -0.349 e. The van der Waals surface area contributed by atoms with Gasteiger partial charge in [-0.05, 0) is 57.1 Å². The molecule has 2 aliphatic rings. The van der Waals surface area contributed by atoms with Gasteiger partial charge in [-0.15, -0.1) is 0 Å². The van der Waals surface area contributed by atoms with Gasteiger partial charge in [0.25, 0.3) is 0 Å². The van der Waals surface area contributed by atoms with Gasteiger partial charge in [0.15, 0.2) is 5.11 Å². The van der Waals surface area contributed by atoms with E-state index in [4.69, 9.17) is 23.8 Å². The van der Waals surface area contributed by atoms with Crippen molar-refractivity contribution in [2.75, 3.05) is 25.5 Å². The molecule has 1 aromatic rings. The van der Waals surface area contributed by atoms with E-state index in [1.807, 2.05) is 24.3 Å². The number of para-hydroxylation sites is 1. The fourth-order valence-electron chi connectivity index (χ4n) is 4.02. The van der Waals surface area contributed by atoms with E-state index >= 15 is 0 Å². The number of likely N-dealkylation sites (tertiary alicyclic amines) is 1. The summed E-state index contributed by atoms with van der Waals surface area (Å²) >= 11 is 11.8. The third-order valence-corrected chi connectivity index (χ3v) is 6.28. The fraction of sp³-hybridized carbons (Fsp3) is 0.632. The van der Waals surface area contributed by atoms with Crippen molar-refractivity contribution in [3.63, 3.8) is 0 Å². The first kappa shape index (κ1) is 18.0. The molecule has 3 rings (SSSR count). The van der Waals surface area contributed by atoms with Gasteiger partial charge in [-0.2, -0.15) is 0 Å². The van der Waals surface area contributed by atoms with Gasteiger partial charge < -0.3 is 15.1 Å². The van der Waals surface area contributed by atoms with E-state index in [2.05, 4.69) is 22.2 Å². The number of halogens is 1. The monoisotopic (exact) mass is 365 g/mol. The van der Waals surface area contributed by atoms with E-state index in [-0.39, 0.29) is 0 Å². The molecule has 3 nitrogen and oxygen atoms in total. The van der Waals surface area contributed by atoms with Crippen molar-refractivity contribution >= 4 is 34.6 Å². The van der Waals surface area contributed by atoms with Crippen molar-refractivity contribution in [2.45, 2.75) is 57.0 Å². The molecule has 0 amide bonds. The van der Waals surface area contributed by atoms with Crippen LogP contribution in [0.4, 0.5) is 5.69 Å². The van der Waals surface area contributed by atoms with E-state index in [1.165, 1.54) is 44.9 Å². The molecule has 1 saturated heterocycles. The standard InChI is InChI=1S/C19H28ClN3S/c1-22(15-7-3-2-4-8-15)16-11-13-23(14-12-16)19(24)21-18-10-6-5-9-17(18)20/h5-6,9-10,15-16H,2-4,7-8,11-14H2,1H3,(H,21,24). The lowest BCUT2D eigenvalue weighted by Crippen LogP contribution is -2.49. The molecule has 24 heavy (non-hydrogen) atoms. The average molecular weight is 366 g/mol. The Labute approximate surface area is 156 Å². The summed E-state index contributed by atoms with van der Waals surface area (Å²) in [6.45, 7) is 2.05. The Morgan fingerprint density at radius 3 is 2.38 bits per heavy atom. The Morgan fingerprint density at radius 2 is 1.71 bits per heavy atom. The van der Waals surface area contributed by atoms with Gasteiger partial charge in [0.2, 0.25) is 0 Å². The molecule has 2 fully saturated rings. The van der Waals surface area contributed by atoms with Crippen LogP contribution in [-0.4, -0.2) is 47.1 Å². The normalized spacial score (nSPS) is 20.4. The molecule has 1 N–H and O–H groups in total. The third kappa shape index (κ3) is 4.41. The van der Waals surface area contributed by atoms with E-state index in [0.717, 1.165) is 29.9 Å². The Balaban J connectivity index is 1.49. The number of nitrogens with one attached hydrogen (secondary N) is 1. The van der Waals surface area contributed by atoms with Crippen LogP contribution in [0.5, 0.6) is 0 Å². The molecule has 1 aliphatic carbocycles. The number of hydrogen-bond acceptors (Lipinski definition) is 2. The summed E-state index contributed by atoms with van der Waals surface area (Å²) in [5.74, 6) is 0. The number of rotatable bonds is 3. The minimum absolute atomic E-state index is 0.701. The predicted octanol–water partition coefficient (Wildman–Crippen LogP) is 4.77. The maximum absolute atomic E-state index is 6.21. The van der Waals surface area contributed by atoms with E-state index in [1.54, 1.807) is 0 Å². The van der Waals surface area contributed by atoms with Gasteiger partial charge in [-0.3, -0.25) is 0 Å². The summed E-state index contributed by atoms with van der Waals surface area (Å²) in [5.41, 5.74) is 0.894. The summed E-state index contributed by atoms with van der Waals surface area (Å²) in [6, 6.07) is 9.26. The smallest absolute Gasteiger partial charge is 0.173 e. The van der Waals surface area contributed by atoms with Gasteiger partial charge in [0.05, 0.1) is 10.7 Å². The van der Waals surface area contributed by atoms with Crippen molar-refractivity contribution in [1.29, 1.82) is 0 Å². The third-order valence-electron chi connectivity index (χ3n) is 5.59. The summed E-state index contributed by atoms with van der Waals surface area (Å²) in [4.78, 5) is 4.94. The highest BCUT2D eigenvalue weighted by molar-refractivity contribution is 7.80. The number of anilines is 1. The van der Waals surface area contributed by atoms with Crippen LogP contribution in [0.3, 0.4) is 0 Å². The highest BCUT2D eigenvalue weighted by Gasteiger charge is 2.28. The highest BCUT2D eigenvalue weighted by atomic mass is 35.5. The molecule has 0 aromatic heterocycles. The molecule has 5 heteroatoms. The van der Waals surface area contributed by atoms with Gasteiger partial charge in [-0.1, -0.05) is 43.0 Å². The Morgan fingerprint density at radius 1 is 1.08 bits per heavy atom. The molecule has 0 unspecified atom stereocenters. The van der Waals surface area contributed by atoms with Crippen molar-refractivity contribution in [3.8, 4) is 0 Å². The Kier molecular flexibility index (Phi) is 6.37. The van der Waals surface area contributed by atoms with Crippen LogP contribution in [0, 0.1) is 0 Å². The van der Waals surface area contributed by atoms with Crippen LogP contribution in [0.2, 0.25) is 5.02 Å². The molecule has 1 heterocycles. The SMILES string of the molecule is CN(C1CCCCC1)C1CCN(C(=S)Nc2ccccc2Cl)CC1. The van der Waals surface area contributed by atoms with Crippen LogP contribution in [0.1, 0.15) is 44.9 Å². The van der Waals surface area contributed by atoms with Crippen molar-refractivity contribution in [2.24, 2.45) is 0 Å². The predicted molar refractivity (Wildman–Crippen MR) is 107 cm³/mol. The Hall–Kier alpha value is -0.840. The molecule has 1 aliphatic heterocycles. The van der Waals surface area contributed by atoms with Crippen LogP contribution < -0.4 is 5.32 Å². The number of nitrogens with zero attached hydrogens (tertiary/aromatic N) is 2. The van der Waals surface area contributed by atoms with Crippen molar-refractivity contribution < 1.29 is 0 Å². The van der Waals surface area contributed by atoms with Gasteiger partial charge in [0, 0.05) is 25.2 Å². The maximum atomic E-state index is 6.21. The maximum Gasteiger partial charge on any atom is 0.173 e. The molecule has 0 atom stereocenters. The molecule has 0 bridgehead atoms. The van der Waals surface area contributed by atoms with Crippen LogP contribution in [0.25, 0.3) is 0 Å². The lowest BCUT2D eigenvalue weighted by molar-refractivity contribution is 0.0985. The second kappa shape index (κ2) is 8.50. The van der Waals surface area contributed by atoms with Gasteiger partial charge in [0.1, 0.15) is 0 Å². The van der Waals surface area contributed by atoms with Gasteiger partial charge >= 0.3 is 0 Å². The first-order valence-corrected chi connectivity index (χ1v) is 9.96. The van der Waals surface area contributed by atoms with E-state index in [0.29, 0.717) is 11.1 Å². The van der Waals surface area contributed by atoms with E-state index < -0.39 is 0 Å². The van der Waals surface area contributed by atoms with Crippen LogP contribution in [0.15, 0.2) is 24.3 Å². The second-order valence-corrected chi connectivity index (χ2v) is 7.88. The fourth-order valence-corrected chi connectivity index (χ4v) is 4.50. The quantitative estimate of drug-likeness (QED) is 0.777. The zero-order chi connectivity index (χ0) is 16.9. The zero-order valence-electron chi connectivity index (χ0n) is 14.5. The molecular formula is C19H28ClN3S. The summed E-state index contributed by atoms with van der Waals surface area (Å²) in [7, 11) is 2.33. The van der Waals surface area contributed by atoms with Crippen LogP contribution in [-0.2, 0) is 0 Å². The first-order valence-electron chi connectivity index (χ1n) is 9.17. The molecule has 132 valence electrons. The second-order valence-electron chi connectivity index (χ2n) is 7.09. The van der Waals surface area contributed by atoms with E-state index in [9.17, 15) is 0 Å². The number of thiocarbonyl (C=S) groups is 1. The van der Waals surface area contributed by atoms with Crippen molar-refractivity contribution in [3.05, 3.63) is 29.3 Å². The number of hydrogen-bond donors (Lipinski definition) is 1. The average Bonchev–Trinajstić information content (AvgIpc) is 2.64. The summed E-state index contributed by atoms with van der Waals surface area (Å²) in [6.07, 6.45) is 9.37. The summed E-state index contributed by atoms with van der Waals surface area (Å²) in [5, 5.41) is 4.81. The van der Waals surface area contributed by atoms with Crippen molar-refractivity contribution in [1.82, 2.24) is 9.80 Å². The lowest BCUT2D eigenvalue weighted by Gasteiger charge is -2.42. The van der Waals surface area contributed by atoms with Crippen LogP contribution >= 0.6 is 23.8 Å². The number of piperidine rings is 1. The largest absolute Gasteiger partial charge is 0.349 e. The Bertz CT molecular complexity index is 551. The molecule has 0 radical (unpaired) electrons. The molecular weight excluding hydrogens is 338 g/mol. The topological polar surface area (TPSA) is 18.5 Å². The number of benzene rings is 1. The minimum atomic E-state index is 0.701.